The summed E-state index contributed by atoms with van der Waals surface area (Å²) in [5.41, 5.74) is 0. The molecule has 0 saturated heterocycles. The third-order valence-electron chi connectivity index (χ3n) is 3.04. The molecule has 0 rings (SSSR count). The first-order valence-corrected chi connectivity index (χ1v) is 8.14. The fourth-order valence-electron chi connectivity index (χ4n) is 1.82. The molecular formula is C18H32O. The van der Waals surface area contributed by atoms with Crippen LogP contribution in [-0.4, -0.2) is 6.61 Å². The fraction of sp³-hybridized carbons (Fsp3) is 0.778. The van der Waals surface area contributed by atoms with Crippen LogP contribution in [0.4, 0.5) is 0 Å². The van der Waals surface area contributed by atoms with Gasteiger partial charge in [0.1, 0.15) is 0 Å². The quantitative estimate of drug-likeness (QED) is 0.244. The largest absolute Gasteiger partial charge is 0.501 e. The number of allylic oxidation sites excluding steroid dienone is 1. The first-order chi connectivity index (χ1) is 9.41. The van der Waals surface area contributed by atoms with E-state index in [2.05, 4.69) is 31.8 Å². The maximum Gasteiger partial charge on any atom is 0.0982 e. The van der Waals surface area contributed by atoms with Gasteiger partial charge in [-0.05, 0) is 25.3 Å². The average molecular weight is 264 g/mol. The summed E-state index contributed by atoms with van der Waals surface area (Å²) in [6.45, 7) is 5.21. The Morgan fingerprint density at radius 1 is 0.789 bits per heavy atom. The smallest absolute Gasteiger partial charge is 0.0982 e. The monoisotopic (exact) mass is 264 g/mol. The van der Waals surface area contributed by atoms with Crippen LogP contribution in [0.25, 0.3) is 0 Å². The predicted molar refractivity (Wildman–Crippen MR) is 85.0 cm³/mol. The fourth-order valence-corrected chi connectivity index (χ4v) is 1.82. The maximum absolute atomic E-state index is 5.40. The van der Waals surface area contributed by atoms with E-state index in [1.165, 1.54) is 51.4 Å². The van der Waals surface area contributed by atoms with E-state index >= 15 is 0 Å². The second-order valence-corrected chi connectivity index (χ2v) is 5.01. The molecular weight excluding hydrogens is 232 g/mol. The molecule has 0 heterocycles. The Morgan fingerprint density at radius 3 is 2.21 bits per heavy atom. The van der Waals surface area contributed by atoms with Gasteiger partial charge in [-0.3, -0.25) is 0 Å². The van der Waals surface area contributed by atoms with Crippen molar-refractivity contribution in [2.45, 2.75) is 84.5 Å². The van der Waals surface area contributed by atoms with Crippen LogP contribution in [-0.2, 0) is 4.74 Å². The molecule has 1 nitrogen and oxygen atoms in total. The van der Waals surface area contributed by atoms with Crippen LogP contribution in [0.15, 0.2) is 12.3 Å². The van der Waals surface area contributed by atoms with E-state index in [0.717, 1.165) is 25.9 Å². The third kappa shape index (κ3) is 17.1. The van der Waals surface area contributed by atoms with Crippen molar-refractivity contribution in [1.82, 2.24) is 0 Å². The molecule has 0 saturated carbocycles. The average Bonchev–Trinajstić information content (AvgIpc) is 2.43. The zero-order valence-corrected chi connectivity index (χ0v) is 13.0. The van der Waals surface area contributed by atoms with E-state index in [4.69, 9.17) is 4.74 Å². The lowest BCUT2D eigenvalue weighted by Crippen LogP contribution is -1.84. The minimum Gasteiger partial charge on any atom is -0.501 e. The van der Waals surface area contributed by atoms with Gasteiger partial charge in [0.25, 0.3) is 0 Å². The molecule has 0 atom stereocenters. The molecule has 0 N–H and O–H groups in total. The molecule has 1 heteroatoms. The van der Waals surface area contributed by atoms with Crippen molar-refractivity contribution in [1.29, 1.82) is 0 Å². The highest BCUT2D eigenvalue weighted by atomic mass is 16.5. The second kappa shape index (κ2) is 17.1. The zero-order valence-electron chi connectivity index (χ0n) is 13.0. The molecule has 110 valence electrons. The van der Waals surface area contributed by atoms with Crippen molar-refractivity contribution < 1.29 is 4.74 Å². The number of rotatable bonds is 12. The molecule has 0 spiro atoms. The van der Waals surface area contributed by atoms with Gasteiger partial charge in [-0.15, -0.1) is 5.92 Å². The van der Waals surface area contributed by atoms with Gasteiger partial charge < -0.3 is 4.74 Å². The highest BCUT2D eigenvalue weighted by molar-refractivity contribution is 4.98. The van der Waals surface area contributed by atoms with Gasteiger partial charge in [0.15, 0.2) is 0 Å². The minimum absolute atomic E-state index is 0.730. The van der Waals surface area contributed by atoms with Gasteiger partial charge in [-0.1, -0.05) is 58.3 Å². The SMILES string of the molecule is CCCCCCC#CCCO/C=C/CCCCCC. The topological polar surface area (TPSA) is 9.23 Å². The maximum atomic E-state index is 5.40. The van der Waals surface area contributed by atoms with Crippen LogP contribution < -0.4 is 0 Å². The van der Waals surface area contributed by atoms with Crippen molar-refractivity contribution in [2.24, 2.45) is 0 Å². The Bertz CT molecular complexity index is 244. The number of unbranched alkanes of at least 4 members (excludes halogenated alkanes) is 8. The van der Waals surface area contributed by atoms with Crippen LogP contribution >= 0.6 is 0 Å². The van der Waals surface area contributed by atoms with Crippen LogP contribution in [0.3, 0.4) is 0 Å². The summed E-state index contributed by atoms with van der Waals surface area (Å²) in [6.07, 6.45) is 17.5. The highest BCUT2D eigenvalue weighted by Gasteiger charge is 1.85. The van der Waals surface area contributed by atoms with Crippen LogP contribution in [0, 0.1) is 11.8 Å². The van der Waals surface area contributed by atoms with E-state index in [1.807, 2.05) is 6.26 Å². The third-order valence-corrected chi connectivity index (χ3v) is 3.04. The molecule has 0 aliphatic carbocycles. The molecule has 19 heavy (non-hydrogen) atoms. The summed E-state index contributed by atoms with van der Waals surface area (Å²) in [6, 6.07) is 0. The summed E-state index contributed by atoms with van der Waals surface area (Å²) in [7, 11) is 0. The molecule has 0 aliphatic rings. The standard InChI is InChI=1S/C18H32O/c1-3-5-7-9-11-12-14-16-18-19-17-15-13-10-8-6-4-2/h15,17H,3-11,13,16,18H2,1-2H3/b17-15+. The van der Waals surface area contributed by atoms with Gasteiger partial charge >= 0.3 is 0 Å². The van der Waals surface area contributed by atoms with Crippen molar-refractivity contribution >= 4 is 0 Å². The van der Waals surface area contributed by atoms with Gasteiger partial charge in [0.2, 0.25) is 0 Å². The first-order valence-electron chi connectivity index (χ1n) is 8.14. The Balaban J connectivity index is 3.17. The molecule has 0 aromatic carbocycles. The molecule has 0 amide bonds. The minimum atomic E-state index is 0.730. The Morgan fingerprint density at radius 2 is 1.47 bits per heavy atom. The van der Waals surface area contributed by atoms with Gasteiger partial charge in [-0.25, -0.2) is 0 Å². The van der Waals surface area contributed by atoms with Crippen molar-refractivity contribution in [3.05, 3.63) is 12.3 Å². The molecule has 0 aromatic rings. The lowest BCUT2D eigenvalue weighted by Gasteiger charge is -1.96. The van der Waals surface area contributed by atoms with Gasteiger partial charge in [0, 0.05) is 12.8 Å². The van der Waals surface area contributed by atoms with Gasteiger partial charge in [0.05, 0.1) is 12.9 Å². The summed E-state index contributed by atoms with van der Waals surface area (Å²) < 4.78 is 5.40. The Labute approximate surface area is 120 Å². The van der Waals surface area contributed by atoms with E-state index in [1.54, 1.807) is 0 Å². The van der Waals surface area contributed by atoms with Crippen molar-refractivity contribution in [3.8, 4) is 11.8 Å². The number of hydrogen-bond acceptors (Lipinski definition) is 1. The second-order valence-electron chi connectivity index (χ2n) is 5.01. The molecule has 0 aromatic heterocycles. The molecule has 0 fully saturated rings. The molecule has 0 bridgehead atoms. The lowest BCUT2D eigenvalue weighted by molar-refractivity contribution is 0.256. The summed E-state index contributed by atoms with van der Waals surface area (Å²) in [5.74, 6) is 6.39. The predicted octanol–water partition coefficient (Wildman–Crippen LogP) is 5.85. The summed E-state index contributed by atoms with van der Waals surface area (Å²) >= 11 is 0. The van der Waals surface area contributed by atoms with E-state index in [9.17, 15) is 0 Å². The molecule has 0 unspecified atom stereocenters. The van der Waals surface area contributed by atoms with E-state index < -0.39 is 0 Å². The zero-order chi connectivity index (χ0) is 14.0. The Hall–Kier alpha value is -0.900. The highest BCUT2D eigenvalue weighted by Crippen LogP contribution is 2.03. The number of ether oxygens (including phenoxy) is 1. The molecule has 0 radical (unpaired) electrons. The van der Waals surface area contributed by atoms with Crippen LogP contribution in [0.5, 0.6) is 0 Å². The number of hydrogen-bond donors (Lipinski definition) is 0. The summed E-state index contributed by atoms with van der Waals surface area (Å²) in [4.78, 5) is 0. The van der Waals surface area contributed by atoms with Crippen LogP contribution in [0.2, 0.25) is 0 Å². The Kier molecular flexibility index (Phi) is 16.3. The van der Waals surface area contributed by atoms with Crippen molar-refractivity contribution in [2.75, 3.05) is 6.61 Å². The molecule has 0 aliphatic heterocycles. The summed E-state index contributed by atoms with van der Waals surface area (Å²) in [5, 5.41) is 0. The first kappa shape index (κ1) is 18.1. The normalized spacial score (nSPS) is 10.4. The van der Waals surface area contributed by atoms with Crippen molar-refractivity contribution in [3.63, 3.8) is 0 Å². The lowest BCUT2D eigenvalue weighted by atomic mass is 10.1. The van der Waals surface area contributed by atoms with E-state index in [-0.39, 0.29) is 0 Å². The van der Waals surface area contributed by atoms with E-state index in [0.29, 0.717) is 0 Å². The van der Waals surface area contributed by atoms with Gasteiger partial charge in [-0.2, -0.15) is 0 Å². The van der Waals surface area contributed by atoms with Crippen LogP contribution in [0.1, 0.15) is 84.5 Å².